The van der Waals surface area contributed by atoms with E-state index in [1.54, 1.807) is 0 Å². The molecule has 0 amide bonds. The van der Waals surface area contributed by atoms with Gasteiger partial charge in [-0.1, -0.05) is 13.8 Å². The molecule has 2 heteroatoms. The minimum absolute atomic E-state index is 0. The Morgan fingerprint density at radius 3 is 1.67 bits per heavy atom. The molecule has 0 N–H and O–H groups in total. The first-order valence-electron chi connectivity index (χ1n) is 1.72. The number of aldehydes is 1. The van der Waals surface area contributed by atoms with Gasteiger partial charge in [0.25, 0.3) is 0 Å². The number of hydrogen-bond acceptors (Lipinski definition) is 1. The van der Waals surface area contributed by atoms with E-state index in [0.717, 1.165) is 6.29 Å². The molecular formula is C4H8OZr. The van der Waals surface area contributed by atoms with Gasteiger partial charge in [-0.15, -0.1) is 0 Å². The Balaban J connectivity index is 0. The van der Waals surface area contributed by atoms with Crippen LogP contribution in [0.15, 0.2) is 0 Å². The fourth-order valence-corrected chi connectivity index (χ4v) is 0. The van der Waals surface area contributed by atoms with Crippen molar-refractivity contribution in [1.29, 1.82) is 0 Å². The van der Waals surface area contributed by atoms with Gasteiger partial charge in [0.2, 0.25) is 0 Å². The summed E-state index contributed by atoms with van der Waals surface area (Å²) in [6, 6.07) is 0. The number of carbonyl (C=O) groups is 1. The minimum Gasteiger partial charge on any atom is -0.303 e. The number of hydrogen-bond donors (Lipinski definition) is 0. The Labute approximate surface area is 57.2 Å². The third-order valence-electron chi connectivity index (χ3n) is 0.272. The maximum atomic E-state index is 9.50. The van der Waals surface area contributed by atoms with Gasteiger partial charge in [0, 0.05) is 32.1 Å². The van der Waals surface area contributed by atoms with Crippen LogP contribution in [0.25, 0.3) is 0 Å². The van der Waals surface area contributed by atoms with Crippen LogP contribution < -0.4 is 0 Å². The van der Waals surface area contributed by atoms with E-state index in [4.69, 9.17) is 0 Å². The summed E-state index contributed by atoms with van der Waals surface area (Å²) in [5, 5.41) is 0. The maximum Gasteiger partial charge on any atom is 0.122 e. The van der Waals surface area contributed by atoms with E-state index in [1.165, 1.54) is 0 Å². The van der Waals surface area contributed by atoms with Crippen molar-refractivity contribution in [2.45, 2.75) is 13.8 Å². The zero-order valence-electron chi connectivity index (χ0n) is 4.06. The Morgan fingerprint density at radius 2 is 1.67 bits per heavy atom. The molecule has 0 aliphatic carbocycles. The second-order valence-electron chi connectivity index (χ2n) is 1.38. The topological polar surface area (TPSA) is 17.1 Å². The van der Waals surface area contributed by atoms with Crippen LogP contribution in [-0.4, -0.2) is 6.29 Å². The molecule has 0 saturated heterocycles. The van der Waals surface area contributed by atoms with Gasteiger partial charge in [-0.05, 0) is 0 Å². The molecule has 0 aromatic carbocycles. The third kappa shape index (κ3) is 8.82. The van der Waals surface area contributed by atoms with Crippen LogP contribution in [0.3, 0.4) is 0 Å². The average molecular weight is 163 g/mol. The molecule has 0 aromatic heterocycles. The molecule has 0 unspecified atom stereocenters. The van der Waals surface area contributed by atoms with E-state index >= 15 is 0 Å². The summed E-state index contributed by atoms with van der Waals surface area (Å²) in [4.78, 5) is 9.50. The van der Waals surface area contributed by atoms with Gasteiger partial charge in [0.05, 0.1) is 0 Å². The van der Waals surface area contributed by atoms with Crippen molar-refractivity contribution in [2.75, 3.05) is 0 Å². The van der Waals surface area contributed by atoms with Crippen molar-refractivity contribution < 1.29 is 31.0 Å². The van der Waals surface area contributed by atoms with Crippen molar-refractivity contribution in [3.63, 3.8) is 0 Å². The van der Waals surface area contributed by atoms with Crippen LogP contribution in [0.1, 0.15) is 13.8 Å². The smallest absolute Gasteiger partial charge is 0.122 e. The van der Waals surface area contributed by atoms with E-state index in [1.807, 2.05) is 13.8 Å². The third-order valence-corrected chi connectivity index (χ3v) is 0.272. The predicted molar refractivity (Wildman–Crippen MR) is 20.9 cm³/mol. The molecule has 6 heavy (non-hydrogen) atoms. The SMILES string of the molecule is CC(C)C=O.[Zr]. The van der Waals surface area contributed by atoms with E-state index in [0.29, 0.717) is 0 Å². The van der Waals surface area contributed by atoms with Gasteiger partial charge < -0.3 is 4.79 Å². The second-order valence-corrected chi connectivity index (χ2v) is 1.38. The Hall–Kier alpha value is 0.553. The molecule has 0 rings (SSSR count). The molecule has 0 aliphatic heterocycles. The normalized spacial score (nSPS) is 7.17. The Morgan fingerprint density at radius 1 is 1.50 bits per heavy atom. The van der Waals surface area contributed by atoms with Crippen molar-refractivity contribution in [2.24, 2.45) is 5.92 Å². The summed E-state index contributed by atoms with van der Waals surface area (Å²) < 4.78 is 0. The molecule has 1 nitrogen and oxygen atoms in total. The molecule has 0 aromatic rings. The van der Waals surface area contributed by atoms with Crippen LogP contribution in [0, 0.1) is 5.92 Å². The largest absolute Gasteiger partial charge is 0.303 e. The average Bonchev–Trinajstić information content (AvgIpc) is 1.38. The van der Waals surface area contributed by atoms with Crippen LogP contribution in [0.2, 0.25) is 0 Å². The maximum absolute atomic E-state index is 9.50. The zero-order chi connectivity index (χ0) is 4.28. The molecule has 0 bridgehead atoms. The van der Waals surface area contributed by atoms with Gasteiger partial charge in [-0.25, -0.2) is 0 Å². The van der Waals surface area contributed by atoms with E-state index < -0.39 is 0 Å². The summed E-state index contributed by atoms with van der Waals surface area (Å²) in [6.07, 6.45) is 0.917. The van der Waals surface area contributed by atoms with Gasteiger partial charge in [-0.3, -0.25) is 0 Å². The molecule has 34 valence electrons. The zero-order valence-corrected chi connectivity index (χ0v) is 6.52. The van der Waals surface area contributed by atoms with Gasteiger partial charge in [-0.2, -0.15) is 0 Å². The van der Waals surface area contributed by atoms with Crippen molar-refractivity contribution in [3.8, 4) is 0 Å². The molecule has 0 fully saturated rings. The molecule has 0 spiro atoms. The fourth-order valence-electron chi connectivity index (χ4n) is 0. The van der Waals surface area contributed by atoms with Crippen LogP contribution in [0.5, 0.6) is 0 Å². The fraction of sp³-hybridized carbons (Fsp3) is 0.750. The molecule has 0 saturated carbocycles. The van der Waals surface area contributed by atoms with E-state index in [2.05, 4.69) is 0 Å². The first-order valence-corrected chi connectivity index (χ1v) is 1.72. The summed E-state index contributed by atoms with van der Waals surface area (Å²) in [5.74, 6) is 0.204. The standard InChI is InChI=1S/C4H8O.Zr/c1-4(2)3-5;/h3-4H,1-2H3;. The van der Waals surface area contributed by atoms with E-state index in [9.17, 15) is 4.79 Å². The molecule has 0 atom stereocenters. The van der Waals surface area contributed by atoms with Crippen LogP contribution >= 0.6 is 0 Å². The van der Waals surface area contributed by atoms with Gasteiger partial charge in [0.1, 0.15) is 6.29 Å². The summed E-state index contributed by atoms with van der Waals surface area (Å²) in [6.45, 7) is 3.71. The van der Waals surface area contributed by atoms with Gasteiger partial charge >= 0.3 is 0 Å². The first-order chi connectivity index (χ1) is 2.27. The number of carbonyl (C=O) groups excluding carboxylic acids is 1. The number of rotatable bonds is 1. The monoisotopic (exact) mass is 162 g/mol. The van der Waals surface area contributed by atoms with Crippen molar-refractivity contribution in [1.82, 2.24) is 0 Å². The Bertz CT molecular complexity index is 34.5. The molecule has 0 aliphatic rings. The van der Waals surface area contributed by atoms with Crippen LogP contribution in [0.4, 0.5) is 0 Å². The summed E-state index contributed by atoms with van der Waals surface area (Å²) >= 11 is 0. The van der Waals surface area contributed by atoms with Gasteiger partial charge in [0.15, 0.2) is 0 Å². The van der Waals surface area contributed by atoms with Crippen molar-refractivity contribution in [3.05, 3.63) is 0 Å². The second kappa shape index (κ2) is 5.55. The predicted octanol–water partition coefficient (Wildman–Crippen LogP) is 0.839. The minimum atomic E-state index is 0. The Kier molecular flexibility index (Phi) is 9.02. The summed E-state index contributed by atoms with van der Waals surface area (Å²) in [5.41, 5.74) is 0. The quantitative estimate of drug-likeness (QED) is 0.524. The molecular weight excluding hydrogens is 155 g/mol. The first kappa shape index (κ1) is 9.75. The molecule has 0 radical (unpaired) electrons. The van der Waals surface area contributed by atoms with Crippen LogP contribution in [-0.2, 0) is 31.0 Å². The summed E-state index contributed by atoms with van der Waals surface area (Å²) in [7, 11) is 0. The van der Waals surface area contributed by atoms with Crippen molar-refractivity contribution >= 4 is 6.29 Å². The molecule has 0 heterocycles. The van der Waals surface area contributed by atoms with E-state index in [-0.39, 0.29) is 32.1 Å².